The Bertz CT molecular complexity index is 551. The number of methoxy groups -OCH3 is 4. The molecule has 3 atom stereocenters. The van der Waals surface area contributed by atoms with Gasteiger partial charge in [0.2, 0.25) is 0 Å². The molecule has 0 saturated carbocycles. The molecule has 0 unspecified atom stereocenters. The lowest BCUT2D eigenvalue weighted by Crippen LogP contribution is -2.48. The second-order valence-corrected chi connectivity index (χ2v) is 6.33. The topological polar surface area (TPSA) is 90.9 Å². The van der Waals surface area contributed by atoms with E-state index < -0.39 is 17.8 Å². The first-order valence-electron chi connectivity index (χ1n) is 9.10. The van der Waals surface area contributed by atoms with Crippen molar-refractivity contribution in [2.24, 2.45) is 0 Å². The third-order valence-corrected chi connectivity index (χ3v) is 4.14. The highest BCUT2D eigenvalue weighted by Crippen LogP contribution is 2.24. The number of hydrogen-bond donors (Lipinski definition) is 0. The van der Waals surface area contributed by atoms with E-state index in [2.05, 4.69) is 0 Å². The van der Waals surface area contributed by atoms with Crippen LogP contribution in [0.3, 0.4) is 0 Å². The van der Waals surface area contributed by atoms with Crippen LogP contribution in [0, 0.1) is 0 Å². The highest BCUT2D eigenvalue weighted by atomic mass is 16.7. The van der Waals surface area contributed by atoms with Crippen molar-refractivity contribution in [1.82, 2.24) is 0 Å². The monoisotopic (exact) mass is 416 g/mol. The normalized spacial score (nSPS) is 15.3. The first-order chi connectivity index (χ1) is 14.0. The number of aldehydes is 1. The number of rotatable bonds is 17. The molecule has 0 amide bonds. The lowest BCUT2D eigenvalue weighted by atomic mass is 9.95. The minimum absolute atomic E-state index is 0.0131. The predicted molar refractivity (Wildman–Crippen MR) is 104 cm³/mol. The van der Waals surface area contributed by atoms with E-state index in [1.807, 2.05) is 0 Å². The molecule has 9 heteroatoms. The number of ether oxygens (including phenoxy) is 8. The summed E-state index contributed by atoms with van der Waals surface area (Å²) < 4.78 is 42.9. The maximum absolute atomic E-state index is 11.8. The Morgan fingerprint density at radius 3 is 2.03 bits per heavy atom. The zero-order chi connectivity index (χ0) is 21.5. The van der Waals surface area contributed by atoms with Crippen LogP contribution in [0.5, 0.6) is 11.5 Å². The molecule has 29 heavy (non-hydrogen) atoms. The third kappa shape index (κ3) is 9.07. The van der Waals surface area contributed by atoms with Crippen molar-refractivity contribution >= 4 is 6.29 Å². The van der Waals surface area contributed by atoms with Crippen LogP contribution < -0.4 is 9.47 Å². The summed E-state index contributed by atoms with van der Waals surface area (Å²) in [5, 5.41) is 0. The van der Waals surface area contributed by atoms with Crippen LogP contribution in [-0.2, 0) is 33.2 Å². The van der Waals surface area contributed by atoms with E-state index >= 15 is 0 Å². The molecule has 0 saturated heterocycles. The van der Waals surface area contributed by atoms with E-state index in [0.29, 0.717) is 18.5 Å². The van der Waals surface area contributed by atoms with Gasteiger partial charge in [-0.1, -0.05) is 0 Å². The third-order valence-electron chi connectivity index (χ3n) is 4.14. The van der Waals surface area contributed by atoms with Crippen molar-refractivity contribution in [3.05, 3.63) is 24.3 Å². The summed E-state index contributed by atoms with van der Waals surface area (Å²) in [6, 6.07) is 7.19. The second kappa shape index (κ2) is 14.3. The Hall–Kier alpha value is -1.75. The summed E-state index contributed by atoms with van der Waals surface area (Å²) in [5.41, 5.74) is -1.26. The Morgan fingerprint density at radius 2 is 1.48 bits per heavy atom. The minimum atomic E-state index is -1.26. The van der Waals surface area contributed by atoms with Crippen LogP contribution in [0.2, 0.25) is 0 Å². The molecule has 1 aromatic rings. The van der Waals surface area contributed by atoms with Gasteiger partial charge in [-0.2, -0.15) is 0 Å². The van der Waals surface area contributed by atoms with Crippen LogP contribution in [-0.4, -0.2) is 79.5 Å². The van der Waals surface area contributed by atoms with Gasteiger partial charge >= 0.3 is 0 Å². The van der Waals surface area contributed by atoms with Crippen LogP contribution in [0.4, 0.5) is 0 Å². The summed E-state index contributed by atoms with van der Waals surface area (Å²) in [6.45, 7) is 1.82. The highest BCUT2D eigenvalue weighted by Gasteiger charge is 2.38. The predicted octanol–water partition coefficient (Wildman–Crippen LogP) is 2.02. The summed E-state index contributed by atoms with van der Waals surface area (Å²) in [4.78, 5) is 11.8. The fraction of sp³-hybridized carbons (Fsp3) is 0.650. The fourth-order valence-electron chi connectivity index (χ4n) is 2.45. The van der Waals surface area contributed by atoms with E-state index in [-0.39, 0.29) is 27.0 Å². The standard InChI is InChI=1S/C20H32O9/c1-20(12-21,29-15-24-4)19(28-14-23-3)10-18(27-13-22-2)11-26-17-8-6-16(25-5)7-9-17/h6-9,12,18-19H,10-11,13-15H2,1-5H3/t18-,19-,20-/m1/s1. The van der Waals surface area contributed by atoms with Gasteiger partial charge in [-0.3, -0.25) is 0 Å². The summed E-state index contributed by atoms with van der Waals surface area (Å²) in [5.74, 6) is 1.38. The quantitative estimate of drug-likeness (QED) is 0.279. The number of carbonyl (C=O) groups excluding carboxylic acids is 1. The zero-order valence-electron chi connectivity index (χ0n) is 17.8. The van der Waals surface area contributed by atoms with Crippen molar-refractivity contribution in [3.8, 4) is 11.5 Å². The largest absolute Gasteiger partial charge is 0.497 e. The maximum Gasteiger partial charge on any atom is 0.154 e. The van der Waals surface area contributed by atoms with Crippen molar-refractivity contribution in [1.29, 1.82) is 0 Å². The van der Waals surface area contributed by atoms with Gasteiger partial charge in [0.25, 0.3) is 0 Å². The molecule has 0 N–H and O–H groups in total. The SMILES string of the molecule is COCO[C@@H](COc1ccc(OC)cc1)C[C@@H](OCOC)[C@@](C)(C=O)OCOC. The van der Waals surface area contributed by atoms with E-state index in [1.165, 1.54) is 21.3 Å². The molecule has 9 nitrogen and oxygen atoms in total. The van der Waals surface area contributed by atoms with Gasteiger partial charge in [0.15, 0.2) is 6.29 Å². The van der Waals surface area contributed by atoms with Gasteiger partial charge in [-0.15, -0.1) is 0 Å². The molecule has 1 rings (SSSR count). The first kappa shape index (κ1) is 25.3. The molecular formula is C20H32O9. The van der Waals surface area contributed by atoms with Crippen molar-refractivity contribution in [2.75, 3.05) is 55.4 Å². The first-order valence-corrected chi connectivity index (χ1v) is 9.10. The highest BCUT2D eigenvalue weighted by molar-refractivity contribution is 5.63. The molecule has 0 aliphatic carbocycles. The lowest BCUT2D eigenvalue weighted by molar-refractivity contribution is -0.206. The molecular weight excluding hydrogens is 384 g/mol. The molecule has 166 valence electrons. The Balaban J connectivity index is 2.85. The van der Waals surface area contributed by atoms with Crippen LogP contribution in [0.25, 0.3) is 0 Å². The Labute approximate surface area is 172 Å². The molecule has 0 bridgehead atoms. The van der Waals surface area contributed by atoms with Gasteiger partial charge in [0.05, 0.1) is 19.3 Å². The molecule has 0 fully saturated rings. The van der Waals surface area contributed by atoms with Crippen LogP contribution in [0.15, 0.2) is 24.3 Å². The van der Waals surface area contributed by atoms with Crippen molar-refractivity contribution in [2.45, 2.75) is 31.2 Å². The van der Waals surface area contributed by atoms with Crippen molar-refractivity contribution < 1.29 is 42.7 Å². The molecule has 0 radical (unpaired) electrons. The summed E-state index contributed by atoms with van der Waals surface area (Å²) >= 11 is 0. The lowest BCUT2D eigenvalue weighted by Gasteiger charge is -2.34. The van der Waals surface area contributed by atoms with Gasteiger partial charge in [-0.05, 0) is 31.2 Å². The molecule has 0 heterocycles. The molecule has 0 spiro atoms. The molecule has 0 aliphatic heterocycles. The minimum Gasteiger partial charge on any atom is -0.497 e. The van der Waals surface area contributed by atoms with Crippen LogP contribution >= 0.6 is 0 Å². The second-order valence-electron chi connectivity index (χ2n) is 6.33. The molecule has 1 aromatic carbocycles. The number of hydrogen-bond acceptors (Lipinski definition) is 9. The van der Waals surface area contributed by atoms with Crippen LogP contribution in [0.1, 0.15) is 13.3 Å². The fourth-order valence-corrected chi connectivity index (χ4v) is 2.45. The summed E-state index contributed by atoms with van der Waals surface area (Å²) in [6.07, 6.45) is -0.132. The Kier molecular flexibility index (Phi) is 12.4. The van der Waals surface area contributed by atoms with E-state index in [0.717, 1.165) is 5.75 Å². The van der Waals surface area contributed by atoms with E-state index in [1.54, 1.807) is 38.3 Å². The Morgan fingerprint density at radius 1 is 0.897 bits per heavy atom. The number of carbonyl (C=O) groups is 1. The smallest absolute Gasteiger partial charge is 0.154 e. The molecule has 0 aromatic heterocycles. The maximum atomic E-state index is 11.8. The zero-order valence-corrected chi connectivity index (χ0v) is 17.8. The van der Waals surface area contributed by atoms with Gasteiger partial charge in [-0.25, -0.2) is 0 Å². The summed E-state index contributed by atoms with van der Waals surface area (Å²) in [7, 11) is 6.10. The van der Waals surface area contributed by atoms with Gasteiger partial charge < -0.3 is 42.7 Å². The van der Waals surface area contributed by atoms with E-state index in [4.69, 9.17) is 37.9 Å². The van der Waals surface area contributed by atoms with Gasteiger partial charge in [0.1, 0.15) is 44.1 Å². The average Bonchev–Trinajstić information content (AvgIpc) is 2.76. The molecule has 0 aliphatic rings. The average molecular weight is 416 g/mol. The van der Waals surface area contributed by atoms with E-state index in [9.17, 15) is 4.79 Å². The number of benzene rings is 1. The van der Waals surface area contributed by atoms with Gasteiger partial charge in [0, 0.05) is 27.8 Å². The van der Waals surface area contributed by atoms with Crippen molar-refractivity contribution in [3.63, 3.8) is 0 Å².